The molecule has 3 aliphatic rings. The molecule has 0 saturated carbocycles. The first-order chi connectivity index (χ1) is 8.16. The van der Waals surface area contributed by atoms with Crippen molar-refractivity contribution in [1.82, 2.24) is 15.1 Å². The van der Waals surface area contributed by atoms with Gasteiger partial charge < -0.3 is 5.32 Å². The lowest BCUT2D eigenvalue weighted by Gasteiger charge is -2.45. The first-order valence-electron chi connectivity index (χ1n) is 7.35. The van der Waals surface area contributed by atoms with Crippen LogP contribution in [0.2, 0.25) is 0 Å². The summed E-state index contributed by atoms with van der Waals surface area (Å²) < 4.78 is 0. The third kappa shape index (κ3) is 2.38. The monoisotopic (exact) mass is 237 g/mol. The molecule has 3 fully saturated rings. The predicted molar refractivity (Wildman–Crippen MR) is 71.2 cm³/mol. The first kappa shape index (κ1) is 11.9. The largest absolute Gasteiger partial charge is 0.316 e. The summed E-state index contributed by atoms with van der Waals surface area (Å²) in [5.74, 6) is 0. The van der Waals surface area contributed by atoms with Crippen molar-refractivity contribution in [3.8, 4) is 0 Å². The molecule has 3 heterocycles. The molecule has 1 N–H and O–H groups in total. The Labute approximate surface area is 106 Å². The maximum absolute atomic E-state index is 3.53. The van der Waals surface area contributed by atoms with Crippen LogP contribution in [0.4, 0.5) is 0 Å². The lowest BCUT2D eigenvalue weighted by Crippen LogP contribution is -2.57. The van der Waals surface area contributed by atoms with Crippen LogP contribution in [0.1, 0.15) is 33.1 Å². The molecule has 17 heavy (non-hydrogen) atoms. The van der Waals surface area contributed by atoms with Crippen molar-refractivity contribution in [2.75, 3.05) is 39.3 Å². The molecule has 0 aromatic carbocycles. The number of nitrogens with one attached hydrogen (secondary N) is 1. The van der Waals surface area contributed by atoms with Crippen molar-refractivity contribution >= 4 is 0 Å². The van der Waals surface area contributed by atoms with Crippen LogP contribution in [0, 0.1) is 5.41 Å². The Kier molecular flexibility index (Phi) is 3.18. The van der Waals surface area contributed by atoms with Gasteiger partial charge in [0.05, 0.1) is 0 Å². The lowest BCUT2D eigenvalue weighted by molar-refractivity contribution is 0.0338. The maximum Gasteiger partial charge on any atom is 0.0224 e. The zero-order valence-electron chi connectivity index (χ0n) is 11.4. The average molecular weight is 237 g/mol. The molecular formula is C14H27N3. The van der Waals surface area contributed by atoms with Gasteiger partial charge in [0.15, 0.2) is 0 Å². The molecule has 0 aromatic heterocycles. The van der Waals surface area contributed by atoms with Crippen LogP contribution in [0.5, 0.6) is 0 Å². The van der Waals surface area contributed by atoms with Gasteiger partial charge in [0.1, 0.15) is 0 Å². The first-order valence-corrected chi connectivity index (χ1v) is 7.35. The van der Waals surface area contributed by atoms with Crippen molar-refractivity contribution < 1.29 is 0 Å². The molecule has 0 bridgehead atoms. The van der Waals surface area contributed by atoms with Crippen LogP contribution in [0.25, 0.3) is 0 Å². The Morgan fingerprint density at radius 2 is 2.24 bits per heavy atom. The molecule has 98 valence electrons. The molecule has 0 radical (unpaired) electrons. The summed E-state index contributed by atoms with van der Waals surface area (Å²) in [7, 11) is 0. The summed E-state index contributed by atoms with van der Waals surface area (Å²) >= 11 is 0. The molecule has 3 rings (SSSR count). The van der Waals surface area contributed by atoms with Crippen molar-refractivity contribution in [3.05, 3.63) is 0 Å². The van der Waals surface area contributed by atoms with E-state index in [4.69, 9.17) is 0 Å². The van der Waals surface area contributed by atoms with Crippen LogP contribution in [0.15, 0.2) is 0 Å². The molecular weight excluding hydrogens is 210 g/mol. The van der Waals surface area contributed by atoms with E-state index in [9.17, 15) is 0 Å². The van der Waals surface area contributed by atoms with Gasteiger partial charge in [-0.1, -0.05) is 6.92 Å². The summed E-state index contributed by atoms with van der Waals surface area (Å²) in [6.07, 6.45) is 4.20. The van der Waals surface area contributed by atoms with Crippen molar-refractivity contribution in [2.45, 2.75) is 45.2 Å². The van der Waals surface area contributed by atoms with Gasteiger partial charge in [-0.3, -0.25) is 9.80 Å². The Morgan fingerprint density at radius 1 is 1.35 bits per heavy atom. The van der Waals surface area contributed by atoms with Gasteiger partial charge >= 0.3 is 0 Å². The molecule has 3 saturated heterocycles. The highest BCUT2D eigenvalue weighted by Gasteiger charge is 2.38. The Morgan fingerprint density at radius 3 is 3.00 bits per heavy atom. The smallest absolute Gasteiger partial charge is 0.0224 e. The molecule has 0 aliphatic carbocycles. The molecule has 3 unspecified atom stereocenters. The zero-order chi connectivity index (χ0) is 11.9. The third-order valence-corrected chi connectivity index (χ3v) is 5.11. The molecule has 0 aromatic rings. The Balaban J connectivity index is 1.62. The van der Waals surface area contributed by atoms with Crippen molar-refractivity contribution in [3.63, 3.8) is 0 Å². The highest BCUT2D eigenvalue weighted by Crippen LogP contribution is 2.30. The van der Waals surface area contributed by atoms with E-state index in [0.29, 0.717) is 5.41 Å². The van der Waals surface area contributed by atoms with Crippen LogP contribution < -0.4 is 5.32 Å². The van der Waals surface area contributed by atoms with Crippen molar-refractivity contribution in [2.24, 2.45) is 5.41 Å². The van der Waals surface area contributed by atoms with Crippen LogP contribution >= 0.6 is 0 Å². The fourth-order valence-corrected chi connectivity index (χ4v) is 3.96. The number of piperazine rings is 1. The van der Waals surface area contributed by atoms with Gasteiger partial charge in [-0.25, -0.2) is 0 Å². The fourth-order valence-electron chi connectivity index (χ4n) is 3.96. The fraction of sp³-hybridized carbons (Fsp3) is 1.00. The van der Waals surface area contributed by atoms with E-state index < -0.39 is 0 Å². The zero-order valence-corrected chi connectivity index (χ0v) is 11.4. The minimum absolute atomic E-state index is 0.523. The highest BCUT2D eigenvalue weighted by molar-refractivity contribution is 4.94. The molecule has 0 spiro atoms. The SMILES string of the molecule is CC1CN2CCCC2CN1CC1(C)CCNC1. The van der Waals surface area contributed by atoms with E-state index in [1.165, 1.54) is 58.5 Å². The second kappa shape index (κ2) is 4.52. The molecule has 3 heteroatoms. The number of hydrogen-bond donors (Lipinski definition) is 1. The molecule has 0 amide bonds. The summed E-state index contributed by atoms with van der Waals surface area (Å²) in [5, 5.41) is 3.53. The van der Waals surface area contributed by atoms with Gasteiger partial charge in [-0.15, -0.1) is 0 Å². The van der Waals surface area contributed by atoms with E-state index in [1.807, 2.05) is 0 Å². The number of nitrogens with zero attached hydrogens (tertiary/aromatic N) is 2. The Hall–Kier alpha value is -0.120. The van der Waals surface area contributed by atoms with Gasteiger partial charge in [-0.2, -0.15) is 0 Å². The highest BCUT2D eigenvalue weighted by atomic mass is 15.3. The average Bonchev–Trinajstić information content (AvgIpc) is 2.88. The lowest BCUT2D eigenvalue weighted by atomic mass is 9.88. The van der Waals surface area contributed by atoms with Gasteiger partial charge in [0.2, 0.25) is 0 Å². The maximum atomic E-state index is 3.53. The van der Waals surface area contributed by atoms with Gasteiger partial charge in [0.25, 0.3) is 0 Å². The number of fused-ring (bicyclic) bond motifs is 1. The third-order valence-electron chi connectivity index (χ3n) is 5.11. The van der Waals surface area contributed by atoms with Crippen molar-refractivity contribution in [1.29, 1.82) is 0 Å². The predicted octanol–water partition coefficient (Wildman–Crippen LogP) is 1.15. The number of rotatable bonds is 2. The standard InChI is InChI=1S/C14H27N3/c1-12-8-16-7-3-4-13(16)9-17(12)11-14(2)5-6-15-10-14/h12-13,15H,3-11H2,1-2H3. The summed E-state index contributed by atoms with van der Waals surface area (Å²) in [4.78, 5) is 5.48. The minimum atomic E-state index is 0.523. The second-order valence-corrected chi connectivity index (χ2v) is 6.81. The minimum Gasteiger partial charge on any atom is -0.316 e. The summed E-state index contributed by atoms with van der Waals surface area (Å²) in [5.41, 5.74) is 0.523. The van der Waals surface area contributed by atoms with Crippen LogP contribution in [-0.2, 0) is 0 Å². The molecule has 3 aliphatic heterocycles. The van der Waals surface area contributed by atoms with Crippen LogP contribution in [-0.4, -0.2) is 61.2 Å². The van der Waals surface area contributed by atoms with Gasteiger partial charge in [0, 0.05) is 38.3 Å². The van der Waals surface area contributed by atoms with Crippen LogP contribution in [0.3, 0.4) is 0 Å². The van der Waals surface area contributed by atoms with E-state index in [0.717, 1.165) is 12.1 Å². The van der Waals surface area contributed by atoms with E-state index >= 15 is 0 Å². The van der Waals surface area contributed by atoms with Gasteiger partial charge in [-0.05, 0) is 44.7 Å². The molecule has 3 atom stereocenters. The summed E-state index contributed by atoms with van der Waals surface area (Å²) in [6, 6.07) is 1.62. The van der Waals surface area contributed by atoms with E-state index in [-0.39, 0.29) is 0 Å². The van der Waals surface area contributed by atoms with E-state index in [1.54, 1.807) is 0 Å². The molecule has 3 nitrogen and oxygen atoms in total. The Bertz CT molecular complexity index is 273. The summed E-state index contributed by atoms with van der Waals surface area (Å²) in [6.45, 7) is 12.6. The topological polar surface area (TPSA) is 18.5 Å². The quantitative estimate of drug-likeness (QED) is 0.777. The van der Waals surface area contributed by atoms with E-state index in [2.05, 4.69) is 29.0 Å². The number of hydrogen-bond acceptors (Lipinski definition) is 3. The second-order valence-electron chi connectivity index (χ2n) is 6.81. The normalized spacial score (nSPS) is 44.1.